The van der Waals surface area contributed by atoms with Crippen molar-refractivity contribution in [2.45, 2.75) is 12.7 Å². The van der Waals surface area contributed by atoms with Crippen molar-refractivity contribution < 1.29 is 13.2 Å². The molecule has 1 aromatic rings. The molecule has 1 fully saturated rings. The zero-order valence-electron chi connectivity index (χ0n) is 11.5. The maximum Gasteiger partial charge on any atom is 0.401 e. The number of rotatable bonds is 4. The van der Waals surface area contributed by atoms with Gasteiger partial charge >= 0.3 is 6.18 Å². The molecule has 0 amide bonds. The van der Waals surface area contributed by atoms with Crippen LogP contribution in [0.3, 0.4) is 0 Å². The molecule has 4 nitrogen and oxygen atoms in total. The van der Waals surface area contributed by atoms with Gasteiger partial charge in [0.2, 0.25) is 0 Å². The Morgan fingerprint density at radius 2 is 1.95 bits per heavy atom. The fourth-order valence-electron chi connectivity index (χ4n) is 2.41. The monoisotopic (exact) mass is 288 g/mol. The van der Waals surface area contributed by atoms with Gasteiger partial charge in [0.25, 0.3) is 0 Å². The highest BCUT2D eigenvalue weighted by atomic mass is 19.4. The van der Waals surface area contributed by atoms with E-state index < -0.39 is 12.7 Å². The molecule has 0 spiro atoms. The SMILES string of the molecule is CNCc1cccnc1N1CCN(CC(F)(F)F)CC1. The van der Waals surface area contributed by atoms with Gasteiger partial charge in [-0.15, -0.1) is 0 Å². The lowest BCUT2D eigenvalue weighted by atomic mass is 10.2. The summed E-state index contributed by atoms with van der Waals surface area (Å²) in [5.74, 6) is 0.869. The first-order valence-corrected chi connectivity index (χ1v) is 6.62. The predicted molar refractivity (Wildman–Crippen MR) is 71.7 cm³/mol. The number of nitrogens with one attached hydrogen (secondary N) is 1. The summed E-state index contributed by atoms with van der Waals surface area (Å²) in [6, 6.07) is 3.86. The summed E-state index contributed by atoms with van der Waals surface area (Å²) in [7, 11) is 1.86. The molecule has 1 aromatic heterocycles. The third-order valence-electron chi connectivity index (χ3n) is 3.31. The van der Waals surface area contributed by atoms with E-state index in [4.69, 9.17) is 0 Å². The summed E-state index contributed by atoms with van der Waals surface area (Å²) in [6.45, 7) is 1.84. The van der Waals surface area contributed by atoms with E-state index >= 15 is 0 Å². The lowest BCUT2D eigenvalue weighted by molar-refractivity contribution is -0.146. The largest absolute Gasteiger partial charge is 0.401 e. The maximum absolute atomic E-state index is 12.3. The summed E-state index contributed by atoms with van der Waals surface area (Å²) in [5.41, 5.74) is 1.07. The van der Waals surface area contributed by atoms with Crippen molar-refractivity contribution in [1.29, 1.82) is 0 Å². The molecule has 0 bridgehead atoms. The van der Waals surface area contributed by atoms with Crippen molar-refractivity contribution in [3.8, 4) is 0 Å². The molecule has 0 atom stereocenters. The minimum Gasteiger partial charge on any atom is -0.354 e. The molecule has 1 N–H and O–H groups in total. The zero-order valence-corrected chi connectivity index (χ0v) is 11.5. The van der Waals surface area contributed by atoms with Crippen molar-refractivity contribution in [3.63, 3.8) is 0 Å². The standard InChI is InChI=1S/C13H19F3N4/c1-17-9-11-3-2-4-18-12(11)20-7-5-19(6-8-20)10-13(14,15)16/h2-4,17H,5-10H2,1H3. The number of piperazine rings is 1. The Bertz CT molecular complexity index is 428. The van der Waals surface area contributed by atoms with E-state index in [2.05, 4.69) is 15.2 Å². The predicted octanol–water partition coefficient (Wildman–Crippen LogP) is 1.49. The lowest BCUT2D eigenvalue weighted by Crippen LogP contribution is -2.49. The van der Waals surface area contributed by atoms with E-state index in [1.54, 1.807) is 6.20 Å². The second kappa shape index (κ2) is 6.41. The third kappa shape index (κ3) is 4.08. The summed E-state index contributed by atoms with van der Waals surface area (Å²) < 4.78 is 37.0. The molecule has 112 valence electrons. The Morgan fingerprint density at radius 1 is 1.25 bits per heavy atom. The molecular formula is C13H19F3N4. The average molecular weight is 288 g/mol. The first-order valence-electron chi connectivity index (χ1n) is 6.62. The smallest absolute Gasteiger partial charge is 0.354 e. The minimum atomic E-state index is -4.12. The summed E-state index contributed by atoms with van der Waals surface area (Å²) in [6.07, 6.45) is -2.40. The summed E-state index contributed by atoms with van der Waals surface area (Å²) in [5, 5.41) is 3.08. The first-order chi connectivity index (χ1) is 9.49. The van der Waals surface area contributed by atoms with Gasteiger partial charge in [0, 0.05) is 44.5 Å². The average Bonchev–Trinajstić information content (AvgIpc) is 2.39. The van der Waals surface area contributed by atoms with Crippen LogP contribution in [-0.2, 0) is 6.54 Å². The molecule has 2 heterocycles. The van der Waals surface area contributed by atoms with Crippen LogP contribution in [0.1, 0.15) is 5.56 Å². The van der Waals surface area contributed by atoms with Crippen LogP contribution in [0, 0.1) is 0 Å². The van der Waals surface area contributed by atoms with Crippen LogP contribution in [0.5, 0.6) is 0 Å². The quantitative estimate of drug-likeness (QED) is 0.909. The lowest BCUT2D eigenvalue weighted by Gasteiger charge is -2.36. The molecule has 1 saturated heterocycles. The van der Waals surface area contributed by atoms with Gasteiger partial charge in [0.1, 0.15) is 5.82 Å². The molecule has 0 aromatic carbocycles. The van der Waals surface area contributed by atoms with E-state index in [9.17, 15) is 13.2 Å². The van der Waals surface area contributed by atoms with E-state index in [0.29, 0.717) is 32.7 Å². The van der Waals surface area contributed by atoms with E-state index in [0.717, 1.165) is 11.4 Å². The highest BCUT2D eigenvalue weighted by Crippen LogP contribution is 2.21. The normalized spacial score (nSPS) is 17.5. The highest BCUT2D eigenvalue weighted by Gasteiger charge is 2.32. The van der Waals surface area contributed by atoms with E-state index in [1.165, 1.54) is 4.90 Å². The number of hydrogen-bond donors (Lipinski definition) is 1. The highest BCUT2D eigenvalue weighted by molar-refractivity contribution is 5.47. The van der Waals surface area contributed by atoms with Crippen molar-refractivity contribution in [3.05, 3.63) is 23.9 Å². The Balaban J connectivity index is 1.97. The van der Waals surface area contributed by atoms with Gasteiger partial charge < -0.3 is 10.2 Å². The van der Waals surface area contributed by atoms with Crippen molar-refractivity contribution in [2.24, 2.45) is 0 Å². The number of anilines is 1. The number of aromatic nitrogens is 1. The van der Waals surface area contributed by atoms with E-state index in [-0.39, 0.29) is 0 Å². The van der Waals surface area contributed by atoms with E-state index in [1.807, 2.05) is 19.2 Å². The Hall–Kier alpha value is -1.34. The second-order valence-electron chi connectivity index (χ2n) is 4.89. The summed E-state index contributed by atoms with van der Waals surface area (Å²) in [4.78, 5) is 7.86. The van der Waals surface area contributed by atoms with Crippen molar-refractivity contribution in [1.82, 2.24) is 15.2 Å². The number of halogens is 3. The molecule has 0 saturated carbocycles. The van der Waals surface area contributed by atoms with Crippen LogP contribution < -0.4 is 10.2 Å². The Labute approximate surface area is 116 Å². The topological polar surface area (TPSA) is 31.4 Å². The number of nitrogens with zero attached hydrogens (tertiary/aromatic N) is 3. The Morgan fingerprint density at radius 3 is 2.55 bits per heavy atom. The minimum absolute atomic E-state index is 0.412. The molecule has 1 aliphatic rings. The fraction of sp³-hybridized carbons (Fsp3) is 0.615. The molecule has 1 aliphatic heterocycles. The van der Waals surface area contributed by atoms with Gasteiger partial charge in [0.15, 0.2) is 0 Å². The third-order valence-corrected chi connectivity index (χ3v) is 3.31. The molecule has 7 heteroatoms. The van der Waals surface area contributed by atoms with Gasteiger partial charge in [-0.3, -0.25) is 4.90 Å². The molecule has 20 heavy (non-hydrogen) atoms. The number of alkyl halides is 3. The fourth-order valence-corrected chi connectivity index (χ4v) is 2.41. The van der Waals surface area contributed by atoms with Gasteiger partial charge in [-0.25, -0.2) is 4.98 Å². The first kappa shape index (κ1) is 15.1. The van der Waals surface area contributed by atoms with Gasteiger partial charge in [-0.1, -0.05) is 6.07 Å². The van der Waals surface area contributed by atoms with Crippen LogP contribution in [0.4, 0.5) is 19.0 Å². The summed E-state index contributed by atoms with van der Waals surface area (Å²) >= 11 is 0. The molecule has 2 rings (SSSR count). The van der Waals surface area contributed by atoms with Crippen molar-refractivity contribution in [2.75, 3.05) is 44.7 Å². The van der Waals surface area contributed by atoms with Crippen LogP contribution in [0.25, 0.3) is 0 Å². The van der Waals surface area contributed by atoms with Gasteiger partial charge in [-0.2, -0.15) is 13.2 Å². The molecule has 0 radical (unpaired) electrons. The Kier molecular flexibility index (Phi) is 4.82. The van der Waals surface area contributed by atoms with Gasteiger partial charge in [-0.05, 0) is 13.1 Å². The van der Waals surface area contributed by atoms with Crippen molar-refractivity contribution >= 4 is 5.82 Å². The zero-order chi connectivity index (χ0) is 14.6. The number of hydrogen-bond acceptors (Lipinski definition) is 4. The molecule has 0 unspecified atom stereocenters. The van der Waals surface area contributed by atoms with Crippen LogP contribution >= 0.6 is 0 Å². The second-order valence-corrected chi connectivity index (χ2v) is 4.89. The van der Waals surface area contributed by atoms with Crippen LogP contribution in [0.15, 0.2) is 18.3 Å². The van der Waals surface area contributed by atoms with Crippen LogP contribution in [0.2, 0.25) is 0 Å². The molecular weight excluding hydrogens is 269 g/mol. The van der Waals surface area contributed by atoms with Gasteiger partial charge in [0.05, 0.1) is 6.54 Å². The molecule has 0 aliphatic carbocycles. The number of pyridine rings is 1. The maximum atomic E-state index is 12.3. The van der Waals surface area contributed by atoms with Crippen LogP contribution in [-0.4, -0.2) is 55.8 Å².